The van der Waals surface area contributed by atoms with Gasteiger partial charge in [0.25, 0.3) is 5.89 Å². The molecule has 0 aliphatic carbocycles. The molecular weight excluding hydrogens is 483 g/mol. The van der Waals surface area contributed by atoms with E-state index in [0.717, 1.165) is 17.7 Å². The van der Waals surface area contributed by atoms with Crippen molar-refractivity contribution in [1.82, 2.24) is 24.8 Å². The van der Waals surface area contributed by atoms with Crippen molar-refractivity contribution in [3.63, 3.8) is 0 Å². The van der Waals surface area contributed by atoms with Gasteiger partial charge in [-0.2, -0.15) is 10.1 Å². The Morgan fingerprint density at radius 1 is 0.973 bits per heavy atom. The van der Waals surface area contributed by atoms with Gasteiger partial charge in [-0.15, -0.1) is 13.2 Å². The number of benzene rings is 2. The van der Waals surface area contributed by atoms with Crippen LogP contribution in [0.4, 0.5) is 13.2 Å². The lowest BCUT2D eigenvalue weighted by Gasteiger charge is -2.14. The Kier molecular flexibility index (Phi) is 7.27. The molecule has 1 fully saturated rings. The Morgan fingerprint density at radius 2 is 1.68 bits per heavy atom. The highest BCUT2D eigenvalue weighted by atomic mass is 19.4. The van der Waals surface area contributed by atoms with Crippen LogP contribution in [0.1, 0.15) is 36.1 Å². The average Bonchev–Trinajstić information content (AvgIpc) is 3.62. The molecule has 1 aliphatic heterocycles. The predicted octanol–water partition coefficient (Wildman–Crippen LogP) is 5.88. The molecule has 7 nitrogen and oxygen atoms in total. The van der Waals surface area contributed by atoms with E-state index in [4.69, 9.17) is 4.52 Å². The number of alkyl halides is 3. The van der Waals surface area contributed by atoms with E-state index in [0.29, 0.717) is 17.8 Å². The van der Waals surface area contributed by atoms with Crippen molar-refractivity contribution in [2.75, 3.05) is 19.6 Å². The molecule has 0 amide bonds. The molecule has 2 aromatic carbocycles. The van der Waals surface area contributed by atoms with Crippen LogP contribution in [0.3, 0.4) is 0 Å². The summed E-state index contributed by atoms with van der Waals surface area (Å²) in [5.74, 6) is 0.173. The van der Waals surface area contributed by atoms with Gasteiger partial charge in [-0.3, -0.25) is 4.68 Å². The molecule has 0 atom stereocenters. The number of nitrogens with zero attached hydrogens (tertiary/aromatic N) is 5. The molecular formula is C27H28F3N5O2. The van der Waals surface area contributed by atoms with Gasteiger partial charge in [0.15, 0.2) is 5.69 Å². The average molecular weight is 512 g/mol. The molecule has 194 valence electrons. The number of ether oxygens (including phenoxy) is 1. The smallest absolute Gasteiger partial charge is 0.406 e. The third kappa shape index (κ3) is 6.56. The fraction of sp³-hybridized carbons (Fsp3) is 0.370. The van der Waals surface area contributed by atoms with Crippen LogP contribution in [0, 0.1) is 6.92 Å². The summed E-state index contributed by atoms with van der Waals surface area (Å²) in [6.45, 7) is 6.22. The highest BCUT2D eigenvalue weighted by Crippen LogP contribution is 2.27. The van der Waals surface area contributed by atoms with Crippen molar-refractivity contribution in [3.05, 3.63) is 71.4 Å². The van der Waals surface area contributed by atoms with E-state index in [-0.39, 0.29) is 17.5 Å². The zero-order valence-electron chi connectivity index (χ0n) is 20.5. The maximum Gasteiger partial charge on any atom is 0.573 e. The van der Waals surface area contributed by atoms with E-state index in [1.165, 1.54) is 68.7 Å². The fourth-order valence-electron chi connectivity index (χ4n) is 4.52. The molecule has 0 bridgehead atoms. The highest BCUT2D eigenvalue weighted by molar-refractivity contribution is 5.58. The van der Waals surface area contributed by atoms with E-state index in [1.54, 1.807) is 0 Å². The Bertz CT molecular complexity index is 1310. The van der Waals surface area contributed by atoms with Crippen LogP contribution in [0.5, 0.6) is 5.75 Å². The summed E-state index contributed by atoms with van der Waals surface area (Å²) in [7, 11) is 0. The minimum absolute atomic E-state index is 0.237. The number of hydrogen-bond acceptors (Lipinski definition) is 6. The Morgan fingerprint density at radius 3 is 2.38 bits per heavy atom. The summed E-state index contributed by atoms with van der Waals surface area (Å²) < 4.78 is 48.2. The van der Waals surface area contributed by atoms with Crippen LogP contribution >= 0.6 is 0 Å². The van der Waals surface area contributed by atoms with E-state index in [1.807, 2.05) is 17.7 Å². The van der Waals surface area contributed by atoms with Crippen LogP contribution in [0.2, 0.25) is 0 Å². The van der Waals surface area contributed by atoms with Crippen molar-refractivity contribution < 1.29 is 22.4 Å². The summed E-state index contributed by atoms with van der Waals surface area (Å²) in [5, 5.41) is 8.57. The first kappa shape index (κ1) is 25.0. The molecule has 0 spiro atoms. The van der Waals surface area contributed by atoms with E-state index < -0.39 is 6.36 Å². The monoisotopic (exact) mass is 511 g/mol. The molecule has 1 saturated heterocycles. The molecule has 3 heterocycles. The summed E-state index contributed by atoms with van der Waals surface area (Å²) in [5.41, 5.74) is 4.47. The zero-order valence-corrected chi connectivity index (χ0v) is 20.5. The maximum atomic E-state index is 12.4. The molecule has 4 aromatic rings. The van der Waals surface area contributed by atoms with Gasteiger partial charge in [0.2, 0.25) is 5.82 Å². The van der Waals surface area contributed by atoms with Crippen LogP contribution in [0.15, 0.2) is 59.1 Å². The molecule has 37 heavy (non-hydrogen) atoms. The third-order valence-electron chi connectivity index (χ3n) is 6.47. The first-order chi connectivity index (χ1) is 17.8. The second-order valence-corrected chi connectivity index (χ2v) is 9.29. The van der Waals surface area contributed by atoms with Crippen molar-refractivity contribution in [2.24, 2.45) is 0 Å². The quantitative estimate of drug-likeness (QED) is 0.279. The molecule has 0 saturated carbocycles. The van der Waals surface area contributed by atoms with Gasteiger partial charge < -0.3 is 14.2 Å². The van der Waals surface area contributed by atoms with Crippen LogP contribution in [-0.2, 0) is 13.0 Å². The SMILES string of the molecule is Cc1cc(-c2nc(-c3ccc(OC(F)(F)F)cc3)no2)nn1Cc1ccc(CCCN2CCCC2)cc1. The molecule has 5 rings (SSSR count). The Balaban J connectivity index is 1.20. The van der Waals surface area contributed by atoms with Crippen molar-refractivity contribution in [3.8, 4) is 28.7 Å². The number of halogens is 3. The maximum absolute atomic E-state index is 12.4. The lowest BCUT2D eigenvalue weighted by molar-refractivity contribution is -0.274. The number of aromatic nitrogens is 4. The summed E-state index contributed by atoms with van der Waals surface area (Å²) >= 11 is 0. The topological polar surface area (TPSA) is 69.2 Å². The number of likely N-dealkylation sites (tertiary alicyclic amines) is 1. The molecule has 0 N–H and O–H groups in total. The summed E-state index contributed by atoms with van der Waals surface area (Å²) in [6.07, 6.45) is 0.175. The molecule has 2 aromatic heterocycles. The minimum Gasteiger partial charge on any atom is -0.406 e. The standard InChI is InChI=1S/C27H28F3N5O2/c1-19-17-24(26-31-25(33-37-26)22-10-12-23(13-11-22)36-27(28,29)30)32-35(19)18-21-8-6-20(7-9-21)5-4-16-34-14-2-3-15-34/h6-13,17H,2-5,14-16,18H2,1H3. The van der Waals surface area contributed by atoms with Crippen molar-refractivity contribution in [1.29, 1.82) is 0 Å². The molecule has 10 heteroatoms. The minimum atomic E-state index is -4.74. The van der Waals surface area contributed by atoms with Crippen LogP contribution in [-0.4, -0.2) is 50.8 Å². The van der Waals surface area contributed by atoms with Gasteiger partial charge in [-0.25, -0.2) is 0 Å². The lowest BCUT2D eigenvalue weighted by Crippen LogP contribution is -2.20. The molecule has 0 unspecified atom stereocenters. The fourth-order valence-corrected chi connectivity index (χ4v) is 4.52. The van der Waals surface area contributed by atoms with Gasteiger partial charge >= 0.3 is 6.36 Å². The normalized spacial score (nSPS) is 14.4. The van der Waals surface area contributed by atoms with Crippen molar-refractivity contribution in [2.45, 2.75) is 45.5 Å². The highest BCUT2D eigenvalue weighted by Gasteiger charge is 2.31. The second kappa shape index (κ2) is 10.8. The van der Waals surface area contributed by atoms with Crippen LogP contribution < -0.4 is 4.74 Å². The van der Waals surface area contributed by atoms with Gasteiger partial charge in [0, 0.05) is 11.3 Å². The van der Waals surface area contributed by atoms with E-state index >= 15 is 0 Å². The Labute approximate surface area is 212 Å². The summed E-state index contributed by atoms with van der Waals surface area (Å²) in [6, 6.07) is 15.8. The number of rotatable bonds is 9. The predicted molar refractivity (Wildman–Crippen MR) is 132 cm³/mol. The molecule has 0 radical (unpaired) electrons. The van der Waals surface area contributed by atoms with E-state index in [9.17, 15) is 13.2 Å². The van der Waals surface area contributed by atoms with E-state index in [2.05, 4.69) is 49.1 Å². The third-order valence-corrected chi connectivity index (χ3v) is 6.47. The second-order valence-electron chi connectivity index (χ2n) is 9.29. The summed E-state index contributed by atoms with van der Waals surface area (Å²) in [4.78, 5) is 6.91. The first-order valence-electron chi connectivity index (χ1n) is 12.4. The van der Waals surface area contributed by atoms with Gasteiger partial charge in [-0.1, -0.05) is 29.4 Å². The number of hydrogen-bond donors (Lipinski definition) is 0. The Hall–Kier alpha value is -3.66. The lowest BCUT2D eigenvalue weighted by atomic mass is 10.1. The van der Waals surface area contributed by atoms with Crippen molar-refractivity contribution >= 4 is 0 Å². The van der Waals surface area contributed by atoms with Crippen LogP contribution in [0.25, 0.3) is 23.0 Å². The largest absolute Gasteiger partial charge is 0.573 e. The van der Waals surface area contributed by atoms with Gasteiger partial charge in [0.05, 0.1) is 6.54 Å². The van der Waals surface area contributed by atoms with Gasteiger partial charge in [-0.05, 0) is 93.7 Å². The van der Waals surface area contributed by atoms with Gasteiger partial charge in [0.1, 0.15) is 5.75 Å². The molecule has 1 aliphatic rings. The zero-order chi connectivity index (χ0) is 25.8. The number of aryl methyl sites for hydroxylation is 2. The first-order valence-corrected chi connectivity index (χ1v) is 12.4.